The molecule has 0 heterocycles. The summed E-state index contributed by atoms with van der Waals surface area (Å²) in [6, 6.07) is 0.231. The molecule has 0 radical (unpaired) electrons. The lowest BCUT2D eigenvalue weighted by Crippen LogP contribution is -2.44. The fraction of sp³-hybridized carbons (Fsp3) is 0.875. The van der Waals surface area contributed by atoms with Crippen LogP contribution in [0, 0.1) is 0 Å². The Morgan fingerprint density at radius 2 is 2.33 bits per heavy atom. The lowest BCUT2D eigenvalue weighted by Gasteiger charge is -2.31. The maximum Gasteiger partial charge on any atom is 0.407 e. The van der Waals surface area contributed by atoms with E-state index in [0.717, 1.165) is 19.3 Å². The van der Waals surface area contributed by atoms with Crippen molar-refractivity contribution in [3.63, 3.8) is 0 Å². The highest BCUT2D eigenvalue weighted by molar-refractivity contribution is 5.67. The highest BCUT2D eigenvalue weighted by atomic mass is 16.6. The molecule has 1 amide bonds. The van der Waals surface area contributed by atoms with Gasteiger partial charge in [0.05, 0.1) is 0 Å². The number of amides is 1. The molecule has 0 bridgehead atoms. The number of nitrogens with one attached hydrogen (secondary N) is 1. The van der Waals surface area contributed by atoms with Crippen molar-refractivity contribution >= 4 is 6.09 Å². The molecule has 0 spiro atoms. The third kappa shape index (κ3) is 2.70. The summed E-state index contributed by atoms with van der Waals surface area (Å²) in [6.07, 6.45) is 2.28. The second-order valence-corrected chi connectivity index (χ2v) is 3.19. The SMILES string of the molecule is CCCNC(=O)OC1CC(N)C1. The van der Waals surface area contributed by atoms with Crippen LogP contribution < -0.4 is 11.1 Å². The first-order valence-corrected chi connectivity index (χ1v) is 4.42. The maximum absolute atomic E-state index is 10.9. The van der Waals surface area contributed by atoms with E-state index in [4.69, 9.17) is 10.5 Å². The van der Waals surface area contributed by atoms with Crippen LogP contribution in [0.1, 0.15) is 26.2 Å². The molecule has 1 aliphatic carbocycles. The summed E-state index contributed by atoms with van der Waals surface area (Å²) in [7, 11) is 0. The topological polar surface area (TPSA) is 64.3 Å². The normalized spacial score (nSPS) is 27.5. The van der Waals surface area contributed by atoms with Crippen LogP contribution in [0.5, 0.6) is 0 Å². The van der Waals surface area contributed by atoms with Crippen LogP contribution in [0.15, 0.2) is 0 Å². The Balaban J connectivity index is 2.03. The van der Waals surface area contributed by atoms with E-state index in [1.54, 1.807) is 0 Å². The molecule has 0 aliphatic heterocycles. The van der Waals surface area contributed by atoms with Gasteiger partial charge in [0.2, 0.25) is 0 Å². The number of hydrogen-bond acceptors (Lipinski definition) is 3. The van der Waals surface area contributed by atoms with E-state index in [1.165, 1.54) is 0 Å². The molecule has 1 rings (SSSR count). The molecule has 3 N–H and O–H groups in total. The number of rotatable bonds is 3. The van der Waals surface area contributed by atoms with E-state index in [0.29, 0.717) is 6.54 Å². The van der Waals surface area contributed by atoms with Crippen molar-refractivity contribution in [2.24, 2.45) is 5.73 Å². The molecule has 12 heavy (non-hydrogen) atoms. The van der Waals surface area contributed by atoms with Crippen molar-refractivity contribution < 1.29 is 9.53 Å². The highest BCUT2D eigenvalue weighted by Gasteiger charge is 2.28. The minimum atomic E-state index is -0.311. The summed E-state index contributed by atoms with van der Waals surface area (Å²) in [6.45, 7) is 2.68. The van der Waals surface area contributed by atoms with Crippen LogP contribution in [0.3, 0.4) is 0 Å². The van der Waals surface area contributed by atoms with E-state index in [1.807, 2.05) is 6.92 Å². The second-order valence-electron chi connectivity index (χ2n) is 3.19. The molecule has 0 atom stereocenters. The quantitative estimate of drug-likeness (QED) is 0.655. The van der Waals surface area contributed by atoms with Crippen molar-refractivity contribution in [3.8, 4) is 0 Å². The van der Waals surface area contributed by atoms with Gasteiger partial charge in [0.1, 0.15) is 6.10 Å². The van der Waals surface area contributed by atoms with E-state index in [-0.39, 0.29) is 18.2 Å². The summed E-state index contributed by atoms with van der Waals surface area (Å²) in [4.78, 5) is 10.9. The molecule has 1 aliphatic rings. The van der Waals surface area contributed by atoms with Crippen LogP contribution in [-0.2, 0) is 4.74 Å². The summed E-state index contributed by atoms with van der Waals surface area (Å²) in [5, 5.41) is 2.64. The fourth-order valence-corrected chi connectivity index (χ4v) is 1.12. The standard InChI is InChI=1S/C8H16N2O2/c1-2-3-10-8(11)12-7-4-6(9)5-7/h6-7H,2-5,9H2,1H3,(H,10,11). The monoisotopic (exact) mass is 172 g/mol. The number of carbonyl (C=O) groups excluding carboxylic acids is 1. The van der Waals surface area contributed by atoms with Crippen molar-refractivity contribution in [3.05, 3.63) is 0 Å². The fourth-order valence-electron chi connectivity index (χ4n) is 1.12. The number of carbonyl (C=O) groups is 1. The van der Waals surface area contributed by atoms with Gasteiger partial charge in [0.15, 0.2) is 0 Å². The van der Waals surface area contributed by atoms with Crippen molar-refractivity contribution in [2.75, 3.05) is 6.54 Å². The van der Waals surface area contributed by atoms with Gasteiger partial charge in [-0.05, 0) is 19.3 Å². The molecule has 0 aromatic heterocycles. The summed E-state index contributed by atoms with van der Waals surface area (Å²) in [5.41, 5.74) is 5.53. The molecule has 0 unspecified atom stereocenters. The van der Waals surface area contributed by atoms with Crippen molar-refractivity contribution in [1.29, 1.82) is 0 Å². The molecule has 4 heteroatoms. The van der Waals surface area contributed by atoms with Gasteiger partial charge >= 0.3 is 6.09 Å². The number of hydrogen-bond donors (Lipinski definition) is 2. The first kappa shape index (κ1) is 9.32. The Kier molecular flexibility index (Phi) is 3.34. The number of ether oxygens (including phenoxy) is 1. The Morgan fingerprint density at radius 3 is 2.83 bits per heavy atom. The predicted octanol–water partition coefficient (Wildman–Crippen LogP) is 0.612. The van der Waals surface area contributed by atoms with Gasteiger partial charge < -0.3 is 15.8 Å². The molecule has 1 fully saturated rings. The number of alkyl carbamates (subject to hydrolysis) is 1. The van der Waals surface area contributed by atoms with Gasteiger partial charge in [-0.15, -0.1) is 0 Å². The van der Waals surface area contributed by atoms with Crippen LogP contribution in [0.2, 0.25) is 0 Å². The Bertz CT molecular complexity index is 155. The first-order chi connectivity index (χ1) is 5.72. The largest absolute Gasteiger partial charge is 0.446 e. The zero-order chi connectivity index (χ0) is 8.97. The average Bonchev–Trinajstić information content (AvgIpc) is 1.98. The van der Waals surface area contributed by atoms with Gasteiger partial charge in [-0.25, -0.2) is 4.79 Å². The lowest BCUT2D eigenvalue weighted by atomic mass is 9.90. The summed E-state index contributed by atoms with van der Waals surface area (Å²) < 4.78 is 5.03. The molecule has 70 valence electrons. The third-order valence-corrected chi connectivity index (χ3v) is 1.92. The van der Waals surface area contributed by atoms with Gasteiger partial charge in [-0.1, -0.05) is 6.92 Å². The van der Waals surface area contributed by atoms with E-state index in [9.17, 15) is 4.79 Å². The van der Waals surface area contributed by atoms with Crippen LogP contribution >= 0.6 is 0 Å². The van der Waals surface area contributed by atoms with Gasteiger partial charge in [-0.2, -0.15) is 0 Å². The maximum atomic E-state index is 10.9. The minimum absolute atomic E-state index is 0.0526. The second kappa shape index (κ2) is 4.30. The van der Waals surface area contributed by atoms with Gasteiger partial charge in [0, 0.05) is 12.6 Å². The molecule has 4 nitrogen and oxygen atoms in total. The molecular weight excluding hydrogens is 156 g/mol. The van der Waals surface area contributed by atoms with E-state index < -0.39 is 0 Å². The van der Waals surface area contributed by atoms with Crippen LogP contribution in [0.25, 0.3) is 0 Å². The van der Waals surface area contributed by atoms with E-state index in [2.05, 4.69) is 5.32 Å². The molecule has 0 aromatic rings. The Morgan fingerprint density at radius 1 is 1.67 bits per heavy atom. The molecular formula is C8H16N2O2. The minimum Gasteiger partial charge on any atom is -0.446 e. The lowest BCUT2D eigenvalue weighted by molar-refractivity contribution is 0.0414. The Labute approximate surface area is 72.5 Å². The highest BCUT2D eigenvalue weighted by Crippen LogP contribution is 2.20. The Hall–Kier alpha value is -0.770. The summed E-state index contributed by atoms with van der Waals surface area (Å²) >= 11 is 0. The molecule has 0 saturated heterocycles. The predicted molar refractivity (Wildman–Crippen MR) is 45.8 cm³/mol. The summed E-state index contributed by atoms with van der Waals surface area (Å²) in [5.74, 6) is 0. The first-order valence-electron chi connectivity index (χ1n) is 4.42. The van der Waals surface area contributed by atoms with Crippen molar-refractivity contribution in [2.45, 2.75) is 38.3 Å². The zero-order valence-electron chi connectivity index (χ0n) is 7.38. The van der Waals surface area contributed by atoms with E-state index >= 15 is 0 Å². The molecule has 1 saturated carbocycles. The smallest absolute Gasteiger partial charge is 0.407 e. The van der Waals surface area contributed by atoms with Crippen molar-refractivity contribution in [1.82, 2.24) is 5.32 Å². The van der Waals surface area contributed by atoms with Gasteiger partial charge in [-0.3, -0.25) is 0 Å². The third-order valence-electron chi connectivity index (χ3n) is 1.92. The van der Waals surface area contributed by atoms with Crippen LogP contribution in [-0.4, -0.2) is 24.8 Å². The number of nitrogens with two attached hydrogens (primary N) is 1. The molecule has 0 aromatic carbocycles. The van der Waals surface area contributed by atoms with Crippen LogP contribution in [0.4, 0.5) is 4.79 Å². The zero-order valence-corrected chi connectivity index (χ0v) is 7.38. The average molecular weight is 172 g/mol. The van der Waals surface area contributed by atoms with Gasteiger partial charge in [0.25, 0.3) is 0 Å².